The van der Waals surface area contributed by atoms with E-state index in [1.165, 1.54) is 0 Å². The van der Waals surface area contributed by atoms with Gasteiger partial charge in [-0.05, 0) is 13.8 Å². The van der Waals surface area contributed by atoms with Crippen molar-refractivity contribution in [3.8, 4) is 0 Å². The molecule has 0 rings (SSSR count). The Morgan fingerprint density at radius 2 is 1.85 bits per heavy atom. The van der Waals surface area contributed by atoms with E-state index in [4.69, 9.17) is 0 Å². The molecule has 0 radical (unpaired) electrons. The van der Waals surface area contributed by atoms with Gasteiger partial charge in [0.15, 0.2) is 0 Å². The molecule has 0 saturated carbocycles. The minimum atomic E-state index is -4.41. The van der Waals surface area contributed by atoms with Crippen LogP contribution in [0.5, 0.6) is 0 Å². The fourth-order valence-corrected chi connectivity index (χ4v) is 1.02. The van der Waals surface area contributed by atoms with Gasteiger partial charge in [-0.25, -0.2) is 8.42 Å². The number of hydrogen-bond acceptors (Lipinski definition) is 5. The van der Waals surface area contributed by atoms with Gasteiger partial charge in [0.2, 0.25) is 16.3 Å². The summed E-state index contributed by atoms with van der Waals surface area (Å²) in [6.07, 6.45) is 1.01. The molecule has 1 N–H and O–H groups in total. The number of quaternary nitrogens is 1. The molecule has 0 aliphatic heterocycles. The van der Waals surface area contributed by atoms with Gasteiger partial charge in [0.1, 0.15) is 0 Å². The molecule has 20 heavy (non-hydrogen) atoms. The van der Waals surface area contributed by atoms with E-state index >= 15 is 0 Å². The summed E-state index contributed by atoms with van der Waals surface area (Å²) in [5.74, 6) is -0.0354. The third-order valence-corrected chi connectivity index (χ3v) is 3.08. The molecule has 0 aromatic carbocycles. The molecular weight excluding hydrogens is 284 g/mol. The number of hydrogen-bond donors (Lipinski definition) is 1. The molecule has 120 valence electrons. The van der Waals surface area contributed by atoms with E-state index < -0.39 is 10.4 Å². The van der Waals surface area contributed by atoms with E-state index in [0.29, 0.717) is 5.57 Å². The van der Waals surface area contributed by atoms with Crippen LogP contribution >= 0.6 is 0 Å². The van der Waals surface area contributed by atoms with Gasteiger partial charge in [-0.1, -0.05) is 6.58 Å². The second-order valence-corrected chi connectivity index (χ2v) is 6.09. The maximum Gasteiger partial charge on any atom is 0.246 e. The smallest absolute Gasteiger partial charge is 0.246 e. The predicted octanol–water partition coefficient (Wildman–Crippen LogP) is 0.258. The number of amides is 1. The summed E-state index contributed by atoms with van der Waals surface area (Å²) >= 11 is 0. The van der Waals surface area contributed by atoms with Crippen LogP contribution in [0.4, 0.5) is 0 Å². The fraction of sp³-hybridized carbons (Fsp3) is 0.750. The molecule has 0 fully saturated rings. The second kappa shape index (κ2) is 9.87. The molecular formula is C12H26N2O5S. The molecule has 7 nitrogen and oxygen atoms in total. The van der Waals surface area contributed by atoms with Crippen LogP contribution in [0.1, 0.15) is 20.3 Å². The maximum atomic E-state index is 11.1. The van der Waals surface area contributed by atoms with E-state index in [2.05, 4.69) is 37.1 Å². The lowest BCUT2D eigenvalue weighted by molar-refractivity contribution is -0.888. The van der Waals surface area contributed by atoms with Crippen LogP contribution in [0.15, 0.2) is 12.2 Å². The topological polar surface area (TPSA) is 95.5 Å². The van der Waals surface area contributed by atoms with Crippen molar-refractivity contribution in [3.05, 3.63) is 12.2 Å². The van der Waals surface area contributed by atoms with E-state index in [-0.39, 0.29) is 5.91 Å². The van der Waals surface area contributed by atoms with Crippen LogP contribution in [0, 0.1) is 0 Å². The van der Waals surface area contributed by atoms with E-state index in [1.807, 2.05) is 0 Å². The standard InChI is InChI=1S/C11H22N2O.CH4O4S/c1-6-13(4,5)9-7-8-12-11(14)10(2)3;1-5-6(2,3)4/h2,6-9H2,1,3-5H3;1H3,(H,2,3,4). The van der Waals surface area contributed by atoms with Crippen LogP contribution in [-0.4, -0.2) is 64.2 Å². The first kappa shape index (κ1) is 21.3. The first-order valence-electron chi connectivity index (χ1n) is 6.22. The van der Waals surface area contributed by atoms with Gasteiger partial charge in [0.25, 0.3) is 0 Å². The van der Waals surface area contributed by atoms with Gasteiger partial charge < -0.3 is 14.4 Å². The average molecular weight is 310 g/mol. The van der Waals surface area contributed by atoms with Crippen LogP contribution < -0.4 is 5.32 Å². The summed E-state index contributed by atoms with van der Waals surface area (Å²) < 4.78 is 32.0. The largest absolute Gasteiger partial charge is 0.726 e. The number of nitrogens with zero attached hydrogens (tertiary/aromatic N) is 1. The van der Waals surface area contributed by atoms with Gasteiger partial charge in [-0.3, -0.25) is 8.98 Å². The monoisotopic (exact) mass is 310 g/mol. The third kappa shape index (κ3) is 15.1. The Hall–Kier alpha value is -0.960. The van der Waals surface area contributed by atoms with Crippen LogP contribution in [-0.2, 0) is 19.4 Å². The Bertz CT molecular complexity index is 404. The average Bonchev–Trinajstić information content (AvgIpc) is 2.34. The number of nitrogens with one attached hydrogen (secondary N) is 1. The molecule has 0 saturated heterocycles. The van der Waals surface area contributed by atoms with Crippen LogP contribution in [0.3, 0.4) is 0 Å². The van der Waals surface area contributed by atoms with Gasteiger partial charge in [-0.2, -0.15) is 0 Å². The zero-order valence-corrected chi connectivity index (χ0v) is 13.7. The normalized spacial score (nSPS) is 11.3. The minimum absolute atomic E-state index is 0.0354. The fourth-order valence-electron chi connectivity index (χ4n) is 1.02. The molecule has 0 aromatic rings. The van der Waals surface area contributed by atoms with Crippen molar-refractivity contribution in [3.63, 3.8) is 0 Å². The lowest BCUT2D eigenvalue weighted by atomic mass is 10.3. The third-order valence-electron chi connectivity index (χ3n) is 2.67. The van der Waals surface area contributed by atoms with E-state index in [0.717, 1.165) is 37.6 Å². The molecule has 0 heterocycles. The quantitative estimate of drug-likeness (QED) is 0.239. The first-order chi connectivity index (χ1) is 8.95. The molecule has 0 aliphatic carbocycles. The maximum absolute atomic E-state index is 11.1. The van der Waals surface area contributed by atoms with Crippen molar-refractivity contribution >= 4 is 16.3 Å². The summed E-state index contributed by atoms with van der Waals surface area (Å²) in [5.41, 5.74) is 0.578. The molecule has 8 heteroatoms. The van der Waals surface area contributed by atoms with Gasteiger partial charge in [0.05, 0.1) is 34.3 Å². The van der Waals surface area contributed by atoms with Crippen molar-refractivity contribution in [1.29, 1.82) is 0 Å². The van der Waals surface area contributed by atoms with Gasteiger partial charge >= 0.3 is 0 Å². The summed E-state index contributed by atoms with van der Waals surface area (Å²) in [6.45, 7) is 10.4. The van der Waals surface area contributed by atoms with Gasteiger partial charge in [-0.15, -0.1) is 0 Å². The highest BCUT2D eigenvalue weighted by Gasteiger charge is 2.10. The zero-order chi connectivity index (χ0) is 16.4. The SMILES string of the molecule is C=C(C)C(=O)NCCC[N+](C)(C)CC.COS(=O)(=O)[O-]. The molecule has 0 atom stereocenters. The van der Waals surface area contributed by atoms with Crippen molar-refractivity contribution in [2.75, 3.05) is 40.8 Å². The Labute approximate surface area is 122 Å². The van der Waals surface area contributed by atoms with Crippen molar-refractivity contribution < 1.29 is 26.4 Å². The van der Waals surface area contributed by atoms with Crippen molar-refractivity contribution in [2.45, 2.75) is 20.3 Å². The van der Waals surface area contributed by atoms with E-state index in [9.17, 15) is 17.8 Å². The molecule has 0 spiro atoms. The first-order valence-corrected chi connectivity index (χ1v) is 7.55. The zero-order valence-electron chi connectivity index (χ0n) is 12.9. The summed E-state index contributed by atoms with van der Waals surface area (Å²) in [4.78, 5) is 11.1. The number of carbonyl (C=O) groups excluding carboxylic acids is 1. The highest BCUT2D eigenvalue weighted by molar-refractivity contribution is 7.80. The molecule has 0 bridgehead atoms. The Balaban J connectivity index is 0. The van der Waals surface area contributed by atoms with Gasteiger partial charge in [0, 0.05) is 18.5 Å². The van der Waals surface area contributed by atoms with Crippen LogP contribution in [0.25, 0.3) is 0 Å². The molecule has 1 amide bonds. The van der Waals surface area contributed by atoms with Crippen LogP contribution in [0.2, 0.25) is 0 Å². The molecule has 0 unspecified atom stereocenters. The Morgan fingerprint density at radius 3 is 2.15 bits per heavy atom. The number of rotatable bonds is 7. The second-order valence-electron chi connectivity index (χ2n) is 4.94. The number of carbonyl (C=O) groups is 1. The minimum Gasteiger partial charge on any atom is -0.726 e. The summed E-state index contributed by atoms with van der Waals surface area (Å²) in [7, 11) is 0.786. The Kier molecular flexibility index (Phi) is 10.5. The Morgan fingerprint density at radius 1 is 1.40 bits per heavy atom. The lowest BCUT2D eigenvalue weighted by Gasteiger charge is -2.28. The molecule has 0 aliphatic rings. The predicted molar refractivity (Wildman–Crippen MR) is 76.7 cm³/mol. The summed E-state index contributed by atoms with van der Waals surface area (Å²) in [5, 5.41) is 2.83. The molecule has 0 aromatic heterocycles. The highest BCUT2D eigenvalue weighted by atomic mass is 32.3. The highest BCUT2D eigenvalue weighted by Crippen LogP contribution is 1.97. The van der Waals surface area contributed by atoms with Crippen molar-refractivity contribution in [2.24, 2.45) is 0 Å². The van der Waals surface area contributed by atoms with E-state index in [1.54, 1.807) is 6.92 Å². The van der Waals surface area contributed by atoms with Crippen molar-refractivity contribution in [1.82, 2.24) is 5.32 Å². The lowest BCUT2D eigenvalue weighted by Crippen LogP contribution is -2.41. The summed E-state index contributed by atoms with van der Waals surface area (Å²) in [6, 6.07) is 0.